The summed E-state index contributed by atoms with van der Waals surface area (Å²) < 4.78 is 24.7. The van der Waals surface area contributed by atoms with Gasteiger partial charge in [0.25, 0.3) is 6.43 Å². The molecule has 4 N–H and O–H groups in total. The van der Waals surface area contributed by atoms with Crippen LogP contribution in [0.5, 0.6) is 0 Å². The van der Waals surface area contributed by atoms with Crippen LogP contribution in [0.25, 0.3) is 0 Å². The Morgan fingerprint density at radius 2 is 2.15 bits per heavy atom. The summed E-state index contributed by atoms with van der Waals surface area (Å²) in [6, 6.07) is 0. The first-order valence-electron chi connectivity index (χ1n) is 3.80. The molecule has 0 saturated carbocycles. The van der Waals surface area contributed by atoms with Gasteiger partial charge in [-0.3, -0.25) is 4.98 Å². The highest BCUT2D eigenvalue weighted by Gasteiger charge is 2.16. The molecule has 3 nitrogen and oxygen atoms in total. The fourth-order valence-electron chi connectivity index (χ4n) is 1.09. The lowest BCUT2D eigenvalue weighted by molar-refractivity contribution is 0.145. The molecule has 1 aromatic rings. The van der Waals surface area contributed by atoms with Gasteiger partial charge in [-0.2, -0.15) is 0 Å². The summed E-state index contributed by atoms with van der Waals surface area (Å²) in [5.74, 6) is 0. The third kappa shape index (κ3) is 1.75. The van der Waals surface area contributed by atoms with Gasteiger partial charge in [0.2, 0.25) is 0 Å². The van der Waals surface area contributed by atoms with Gasteiger partial charge in [-0.25, -0.2) is 8.78 Å². The van der Waals surface area contributed by atoms with Gasteiger partial charge >= 0.3 is 0 Å². The van der Waals surface area contributed by atoms with E-state index in [1.807, 2.05) is 0 Å². The van der Waals surface area contributed by atoms with Crippen molar-refractivity contribution in [1.82, 2.24) is 4.98 Å². The van der Waals surface area contributed by atoms with E-state index in [9.17, 15) is 8.78 Å². The van der Waals surface area contributed by atoms with Crippen molar-refractivity contribution < 1.29 is 8.78 Å². The minimum atomic E-state index is -2.62. The molecule has 1 aromatic heterocycles. The van der Waals surface area contributed by atoms with Crippen molar-refractivity contribution in [2.24, 2.45) is 5.73 Å². The largest absolute Gasteiger partial charge is 0.398 e. The van der Waals surface area contributed by atoms with E-state index in [0.29, 0.717) is 11.3 Å². The van der Waals surface area contributed by atoms with Gasteiger partial charge in [-0.1, -0.05) is 0 Å². The summed E-state index contributed by atoms with van der Waals surface area (Å²) in [5.41, 5.74) is 11.8. The standard InChI is InChI=1S/C8H11F2N3/c1-4-3-13-7(8(9)10)5(2-11)6(4)12/h3,8H,2,11H2,1H3,(H2,12,13). The van der Waals surface area contributed by atoms with Gasteiger partial charge in [0.15, 0.2) is 0 Å². The lowest BCUT2D eigenvalue weighted by Gasteiger charge is -2.10. The van der Waals surface area contributed by atoms with E-state index in [2.05, 4.69) is 4.98 Å². The number of hydrogen-bond acceptors (Lipinski definition) is 3. The molecule has 0 aliphatic carbocycles. The van der Waals surface area contributed by atoms with Gasteiger partial charge in [0.1, 0.15) is 5.69 Å². The molecule has 0 aliphatic rings. The topological polar surface area (TPSA) is 64.9 Å². The highest BCUT2D eigenvalue weighted by atomic mass is 19.3. The maximum absolute atomic E-state index is 12.4. The van der Waals surface area contributed by atoms with Gasteiger partial charge in [0, 0.05) is 24.0 Å². The molecule has 0 aliphatic heterocycles. The zero-order valence-corrected chi connectivity index (χ0v) is 7.22. The second-order valence-corrected chi connectivity index (χ2v) is 2.72. The van der Waals surface area contributed by atoms with Gasteiger partial charge in [-0.15, -0.1) is 0 Å². The minimum Gasteiger partial charge on any atom is -0.398 e. The number of nitrogens with two attached hydrogens (primary N) is 2. The third-order valence-corrected chi connectivity index (χ3v) is 1.87. The Morgan fingerprint density at radius 1 is 1.54 bits per heavy atom. The molecule has 0 spiro atoms. The van der Waals surface area contributed by atoms with Crippen LogP contribution >= 0.6 is 0 Å². The average Bonchev–Trinajstić information content (AvgIpc) is 2.09. The number of nitrogens with zero attached hydrogens (tertiary/aromatic N) is 1. The number of aryl methyl sites for hydroxylation is 1. The number of nitrogen functional groups attached to an aromatic ring is 1. The zero-order chi connectivity index (χ0) is 10.0. The Bertz CT molecular complexity index is 313. The molecular weight excluding hydrogens is 176 g/mol. The molecule has 0 atom stereocenters. The van der Waals surface area contributed by atoms with Crippen LogP contribution in [-0.2, 0) is 6.54 Å². The molecule has 0 radical (unpaired) electrons. The Hall–Kier alpha value is -1.23. The first kappa shape index (κ1) is 9.85. The van der Waals surface area contributed by atoms with E-state index in [1.165, 1.54) is 6.20 Å². The minimum absolute atomic E-state index is 0.0137. The number of pyridine rings is 1. The molecule has 0 unspecified atom stereocenters. The normalized spacial score (nSPS) is 10.8. The number of anilines is 1. The van der Waals surface area contributed by atoms with Crippen LogP contribution in [-0.4, -0.2) is 4.98 Å². The maximum Gasteiger partial charge on any atom is 0.280 e. The average molecular weight is 187 g/mol. The number of aromatic nitrogens is 1. The molecule has 72 valence electrons. The molecule has 0 bridgehead atoms. The Balaban J connectivity index is 3.30. The highest BCUT2D eigenvalue weighted by Crippen LogP contribution is 2.26. The number of rotatable bonds is 2. The third-order valence-electron chi connectivity index (χ3n) is 1.87. The van der Waals surface area contributed by atoms with E-state index in [0.717, 1.165) is 0 Å². The predicted molar refractivity (Wildman–Crippen MR) is 46.2 cm³/mol. The molecule has 0 saturated heterocycles. The van der Waals surface area contributed by atoms with Gasteiger partial charge < -0.3 is 11.5 Å². The molecule has 0 fully saturated rings. The molecule has 1 rings (SSSR count). The monoisotopic (exact) mass is 187 g/mol. The fraction of sp³-hybridized carbons (Fsp3) is 0.375. The van der Waals surface area contributed by atoms with E-state index in [1.54, 1.807) is 6.92 Å². The van der Waals surface area contributed by atoms with E-state index in [-0.39, 0.29) is 17.8 Å². The summed E-state index contributed by atoms with van der Waals surface area (Å²) in [5, 5.41) is 0. The lowest BCUT2D eigenvalue weighted by atomic mass is 10.1. The Kier molecular flexibility index (Phi) is 2.77. The van der Waals surface area contributed by atoms with Crippen molar-refractivity contribution in [1.29, 1.82) is 0 Å². The predicted octanol–water partition coefficient (Wildman–Crippen LogP) is 1.37. The molecule has 13 heavy (non-hydrogen) atoms. The van der Waals surface area contributed by atoms with Gasteiger partial charge in [0.05, 0.1) is 0 Å². The van der Waals surface area contributed by atoms with Gasteiger partial charge in [-0.05, 0) is 12.5 Å². The van der Waals surface area contributed by atoms with Crippen LogP contribution in [0.3, 0.4) is 0 Å². The van der Waals surface area contributed by atoms with Crippen molar-refractivity contribution in [3.05, 3.63) is 23.0 Å². The van der Waals surface area contributed by atoms with Crippen molar-refractivity contribution in [2.45, 2.75) is 19.9 Å². The van der Waals surface area contributed by atoms with Crippen LogP contribution in [0.4, 0.5) is 14.5 Å². The Labute approximate surface area is 74.8 Å². The highest BCUT2D eigenvalue weighted by molar-refractivity contribution is 5.54. The first-order valence-corrected chi connectivity index (χ1v) is 3.80. The van der Waals surface area contributed by atoms with Crippen LogP contribution in [0.1, 0.15) is 23.2 Å². The van der Waals surface area contributed by atoms with Crippen LogP contribution in [0, 0.1) is 6.92 Å². The molecular formula is C8H11F2N3. The van der Waals surface area contributed by atoms with Crippen molar-refractivity contribution in [3.63, 3.8) is 0 Å². The number of alkyl halides is 2. The lowest BCUT2D eigenvalue weighted by Crippen LogP contribution is -2.09. The fourth-order valence-corrected chi connectivity index (χ4v) is 1.09. The van der Waals surface area contributed by atoms with E-state index < -0.39 is 6.43 Å². The van der Waals surface area contributed by atoms with E-state index in [4.69, 9.17) is 11.5 Å². The summed E-state index contributed by atoms with van der Waals surface area (Å²) in [6.07, 6.45) is -1.29. The van der Waals surface area contributed by atoms with Crippen molar-refractivity contribution >= 4 is 5.69 Å². The smallest absolute Gasteiger partial charge is 0.280 e. The molecule has 1 heterocycles. The Morgan fingerprint density at radius 3 is 2.62 bits per heavy atom. The van der Waals surface area contributed by atoms with Crippen molar-refractivity contribution in [2.75, 3.05) is 5.73 Å². The van der Waals surface area contributed by atoms with Crippen LogP contribution in [0.15, 0.2) is 6.20 Å². The van der Waals surface area contributed by atoms with Crippen LogP contribution in [0.2, 0.25) is 0 Å². The second kappa shape index (κ2) is 3.66. The quantitative estimate of drug-likeness (QED) is 0.734. The number of hydrogen-bond donors (Lipinski definition) is 2. The van der Waals surface area contributed by atoms with E-state index >= 15 is 0 Å². The SMILES string of the molecule is Cc1cnc(C(F)F)c(CN)c1N. The van der Waals surface area contributed by atoms with Crippen molar-refractivity contribution in [3.8, 4) is 0 Å². The summed E-state index contributed by atoms with van der Waals surface area (Å²) in [6.45, 7) is 1.69. The summed E-state index contributed by atoms with van der Waals surface area (Å²) in [7, 11) is 0. The van der Waals surface area contributed by atoms with Crippen LogP contribution < -0.4 is 11.5 Å². The molecule has 5 heteroatoms. The second-order valence-electron chi connectivity index (χ2n) is 2.72. The summed E-state index contributed by atoms with van der Waals surface area (Å²) in [4.78, 5) is 3.60. The zero-order valence-electron chi connectivity index (χ0n) is 7.22. The molecule has 0 aromatic carbocycles. The first-order chi connectivity index (χ1) is 6.07. The molecule has 0 amide bonds. The number of halogens is 2. The summed E-state index contributed by atoms with van der Waals surface area (Å²) >= 11 is 0. The maximum atomic E-state index is 12.4.